The molecule has 27 heavy (non-hydrogen) atoms. The van der Waals surface area contributed by atoms with Crippen molar-refractivity contribution in [3.63, 3.8) is 0 Å². The van der Waals surface area contributed by atoms with Crippen LogP contribution in [0.1, 0.15) is 23.7 Å². The third-order valence-electron chi connectivity index (χ3n) is 4.00. The van der Waals surface area contributed by atoms with Crippen molar-refractivity contribution in [3.8, 4) is 0 Å². The fraction of sp³-hybridized carbons (Fsp3) is 0.316. The highest BCUT2D eigenvalue weighted by Crippen LogP contribution is 2.30. The van der Waals surface area contributed by atoms with Crippen LogP contribution in [0.25, 0.3) is 0 Å². The van der Waals surface area contributed by atoms with Gasteiger partial charge in [0.25, 0.3) is 0 Å². The molecule has 2 heterocycles. The summed E-state index contributed by atoms with van der Waals surface area (Å²) in [5.74, 6) is -0.715. The van der Waals surface area contributed by atoms with Crippen LogP contribution >= 0.6 is 11.3 Å². The van der Waals surface area contributed by atoms with Gasteiger partial charge in [0.15, 0.2) is 5.13 Å². The van der Waals surface area contributed by atoms with Crippen molar-refractivity contribution >= 4 is 34.0 Å². The lowest BCUT2D eigenvalue weighted by atomic mass is 10.1. The number of esters is 1. The van der Waals surface area contributed by atoms with Crippen molar-refractivity contribution in [2.45, 2.75) is 27.4 Å². The van der Waals surface area contributed by atoms with E-state index in [4.69, 9.17) is 14.2 Å². The van der Waals surface area contributed by atoms with Crippen molar-refractivity contribution in [2.24, 2.45) is 0 Å². The number of nitrogens with zero attached hydrogens (tertiary/aromatic N) is 2. The fourth-order valence-electron chi connectivity index (χ4n) is 2.44. The summed E-state index contributed by atoms with van der Waals surface area (Å²) in [6.07, 6.45) is 1.25. The van der Waals surface area contributed by atoms with Gasteiger partial charge in [0.05, 0.1) is 11.4 Å². The molecule has 1 aromatic carbocycles. The minimum atomic E-state index is -0.609. The van der Waals surface area contributed by atoms with E-state index in [-0.39, 0.29) is 18.3 Å². The summed E-state index contributed by atoms with van der Waals surface area (Å²) in [6, 6.07) is 5.80. The molecule has 0 N–H and O–H groups in total. The number of carbonyl (C=O) groups excluding carboxylic acids is 2. The normalized spacial score (nSPS) is 13.2. The number of carbonyl (C=O) groups is 2. The van der Waals surface area contributed by atoms with Crippen LogP contribution in [0.2, 0.25) is 0 Å². The smallest absolute Gasteiger partial charge is 0.377 e. The molecule has 1 amide bonds. The maximum atomic E-state index is 12.2. The number of hydrogen-bond acceptors (Lipinski definition) is 7. The fourth-order valence-corrected chi connectivity index (χ4v) is 3.31. The van der Waals surface area contributed by atoms with Gasteiger partial charge in [-0.3, -0.25) is 9.69 Å². The lowest BCUT2D eigenvalue weighted by Gasteiger charge is -2.19. The molecule has 0 fully saturated rings. The Morgan fingerprint density at radius 3 is 2.74 bits per heavy atom. The van der Waals surface area contributed by atoms with Crippen LogP contribution in [0.5, 0.6) is 0 Å². The van der Waals surface area contributed by atoms with E-state index in [2.05, 4.69) is 4.98 Å². The van der Waals surface area contributed by atoms with Gasteiger partial charge < -0.3 is 14.2 Å². The molecule has 3 rings (SSSR count). The van der Waals surface area contributed by atoms with Crippen LogP contribution in [0.15, 0.2) is 35.6 Å². The molecule has 1 aliphatic rings. The van der Waals surface area contributed by atoms with Gasteiger partial charge >= 0.3 is 5.97 Å². The monoisotopic (exact) mass is 388 g/mol. The molecule has 2 aromatic rings. The largest absolute Gasteiger partial charge is 0.493 e. The van der Waals surface area contributed by atoms with E-state index in [0.717, 1.165) is 16.8 Å². The number of aromatic nitrogens is 1. The minimum Gasteiger partial charge on any atom is -0.493 e. The van der Waals surface area contributed by atoms with E-state index in [1.54, 1.807) is 10.3 Å². The zero-order chi connectivity index (χ0) is 19.4. The van der Waals surface area contributed by atoms with Gasteiger partial charge in [0.1, 0.15) is 26.1 Å². The lowest BCUT2D eigenvalue weighted by molar-refractivity contribution is -0.146. The first-order chi connectivity index (χ1) is 13.0. The molecule has 0 atom stereocenters. The van der Waals surface area contributed by atoms with Gasteiger partial charge in [0.2, 0.25) is 11.7 Å². The topological polar surface area (TPSA) is 78.0 Å². The molecule has 0 saturated heterocycles. The molecule has 0 radical (unpaired) electrons. The second-order valence-corrected chi connectivity index (χ2v) is 6.86. The summed E-state index contributed by atoms with van der Waals surface area (Å²) in [5, 5.41) is 2.28. The molecule has 7 nitrogen and oxygen atoms in total. The third-order valence-corrected chi connectivity index (χ3v) is 4.87. The minimum absolute atomic E-state index is 0.0191. The summed E-state index contributed by atoms with van der Waals surface area (Å²) >= 11 is 1.31. The van der Waals surface area contributed by atoms with Crippen LogP contribution in [0.4, 0.5) is 10.8 Å². The maximum Gasteiger partial charge on any atom is 0.377 e. The predicted octanol–water partition coefficient (Wildman–Crippen LogP) is 3.38. The summed E-state index contributed by atoms with van der Waals surface area (Å²) in [7, 11) is 0. The first kappa shape index (κ1) is 18.9. The number of benzene rings is 1. The number of aryl methyl sites for hydroxylation is 2. The molecule has 0 spiro atoms. The second kappa shape index (κ2) is 8.22. The zero-order valence-corrected chi connectivity index (χ0v) is 16.2. The van der Waals surface area contributed by atoms with Crippen molar-refractivity contribution in [1.82, 2.24) is 4.98 Å². The summed E-state index contributed by atoms with van der Waals surface area (Å²) < 4.78 is 15.4. The Kier molecular flexibility index (Phi) is 5.75. The molecule has 1 aliphatic heterocycles. The van der Waals surface area contributed by atoms with E-state index in [1.807, 2.05) is 32.0 Å². The average Bonchev–Trinajstić information content (AvgIpc) is 3.11. The van der Waals surface area contributed by atoms with E-state index in [0.29, 0.717) is 24.0 Å². The first-order valence-electron chi connectivity index (χ1n) is 8.40. The van der Waals surface area contributed by atoms with E-state index in [9.17, 15) is 9.59 Å². The van der Waals surface area contributed by atoms with Gasteiger partial charge in [0, 0.05) is 12.3 Å². The van der Waals surface area contributed by atoms with Gasteiger partial charge in [-0.05, 0) is 37.1 Å². The standard InChI is InChI=1S/C19H20N2O5S/c1-12-4-5-16(8-13(12)2)21(14(3)22)19-20-15(11-27-19)9-26-18(23)17-10-24-6-7-25-17/h4-5,8,10-11H,6-7,9H2,1-3H3. The molecule has 0 bridgehead atoms. The number of rotatable bonds is 5. The number of ether oxygens (including phenoxy) is 3. The molecule has 0 saturated carbocycles. The Morgan fingerprint density at radius 1 is 1.26 bits per heavy atom. The Morgan fingerprint density at radius 2 is 2.07 bits per heavy atom. The number of thiazole rings is 1. The Bertz CT molecular complexity index is 890. The number of amides is 1. The highest BCUT2D eigenvalue weighted by Gasteiger charge is 2.20. The van der Waals surface area contributed by atoms with Gasteiger partial charge in [-0.2, -0.15) is 0 Å². The van der Waals surface area contributed by atoms with Crippen LogP contribution in [-0.2, 0) is 30.4 Å². The Hall–Kier alpha value is -2.87. The predicted molar refractivity (Wildman–Crippen MR) is 101 cm³/mol. The Balaban J connectivity index is 1.72. The van der Waals surface area contributed by atoms with Gasteiger partial charge in [-0.15, -0.1) is 11.3 Å². The number of hydrogen-bond donors (Lipinski definition) is 0. The first-order valence-corrected chi connectivity index (χ1v) is 9.27. The third kappa shape index (κ3) is 4.46. The average molecular weight is 388 g/mol. The SMILES string of the molecule is CC(=O)N(c1ccc(C)c(C)c1)c1nc(COC(=O)C2=COCCO2)cs1. The highest BCUT2D eigenvalue weighted by molar-refractivity contribution is 7.14. The molecule has 0 unspecified atom stereocenters. The van der Waals surface area contributed by atoms with Crippen LogP contribution in [0, 0.1) is 13.8 Å². The number of anilines is 2. The summed E-state index contributed by atoms with van der Waals surface area (Å²) in [6.45, 7) is 6.20. The summed E-state index contributed by atoms with van der Waals surface area (Å²) in [4.78, 5) is 30.1. The van der Waals surface area contributed by atoms with E-state index >= 15 is 0 Å². The maximum absolute atomic E-state index is 12.2. The van der Waals surface area contributed by atoms with Crippen molar-refractivity contribution in [1.29, 1.82) is 0 Å². The molecule has 8 heteroatoms. The summed E-state index contributed by atoms with van der Waals surface area (Å²) in [5.41, 5.74) is 3.54. The van der Waals surface area contributed by atoms with Crippen molar-refractivity contribution < 1.29 is 23.8 Å². The van der Waals surface area contributed by atoms with Crippen LogP contribution in [-0.4, -0.2) is 30.1 Å². The molecule has 142 valence electrons. The van der Waals surface area contributed by atoms with Gasteiger partial charge in [-0.25, -0.2) is 9.78 Å². The molecular formula is C19H20N2O5S. The Labute approximate surface area is 161 Å². The van der Waals surface area contributed by atoms with Crippen LogP contribution in [0.3, 0.4) is 0 Å². The van der Waals surface area contributed by atoms with E-state index < -0.39 is 5.97 Å². The van der Waals surface area contributed by atoms with Gasteiger partial charge in [-0.1, -0.05) is 6.07 Å². The highest BCUT2D eigenvalue weighted by atomic mass is 32.1. The molecule has 1 aromatic heterocycles. The van der Waals surface area contributed by atoms with Crippen molar-refractivity contribution in [3.05, 3.63) is 52.4 Å². The van der Waals surface area contributed by atoms with Crippen LogP contribution < -0.4 is 4.90 Å². The zero-order valence-electron chi connectivity index (χ0n) is 15.4. The van der Waals surface area contributed by atoms with Crippen molar-refractivity contribution in [2.75, 3.05) is 18.1 Å². The van der Waals surface area contributed by atoms with E-state index in [1.165, 1.54) is 24.5 Å². The quantitative estimate of drug-likeness (QED) is 0.731. The molecule has 0 aliphatic carbocycles. The molecular weight excluding hydrogens is 368 g/mol. The lowest BCUT2D eigenvalue weighted by Crippen LogP contribution is -2.22. The second-order valence-electron chi connectivity index (χ2n) is 6.02.